The number of alkyl halides is 1. The van der Waals surface area contributed by atoms with Gasteiger partial charge < -0.3 is 14.6 Å². The Kier molecular flexibility index (Phi) is 7.05. The fourth-order valence-electron chi connectivity index (χ4n) is 3.76. The number of carbonyl (C=O) groups is 2. The molecule has 2 heterocycles. The average Bonchev–Trinajstić information content (AvgIpc) is 3.16. The molecule has 6 nitrogen and oxygen atoms in total. The lowest BCUT2D eigenvalue weighted by atomic mass is 10.1. The summed E-state index contributed by atoms with van der Waals surface area (Å²) in [4.78, 5) is 29.4. The third-order valence-corrected chi connectivity index (χ3v) is 8.09. The van der Waals surface area contributed by atoms with Gasteiger partial charge in [-0.25, -0.2) is 4.31 Å². The number of hydrogen-bond acceptors (Lipinski definition) is 6. The first-order chi connectivity index (χ1) is 15.3. The zero-order valence-electron chi connectivity index (χ0n) is 18.0. The van der Waals surface area contributed by atoms with Gasteiger partial charge in [-0.15, -0.1) is 22.9 Å². The topological polar surface area (TPSA) is 67.7 Å². The number of aldehydes is 1. The van der Waals surface area contributed by atoms with Crippen LogP contribution < -0.4 is 0 Å². The Labute approximate surface area is 201 Å². The van der Waals surface area contributed by atoms with Crippen molar-refractivity contribution >= 4 is 59.0 Å². The van der Waals surface area contributed by atoms with E-state index in [-0.39, 0.29) is 17.8 Å². The molecule has 1 N–H and O–H groups in total. The molecule has 2 atom stereocenters. The van der Waals surface area contributed by atoms with Crippen molar-refractivity contribution in [2.45, 2.75) is 28.6 Å². The summed E-state index contributed by atoms with van der Waals surface area (Å²) < 4.78 is 3.08. The second kappa shape index (κ2) is 9.79. The maximum absolute atomic E-state index is 12.9. The van der Waals surface area contributed by atoms with Crippen molar-refractivity contribution in [2.75, 3.05) is 27.2 Å². The third-order valence-electron chi connectivity index (χ3n) is 5.51. The van der Waals surface area contributed by atoms with Crippen LogP contribution in [0.3, 0.4) is 0 Å². The molecule has 0 saturated carbocycles. The summed E-state index contributed by atoms with van der Waals surface area (Å²) in [5.74, 6) is 0.365. The van der Waals surface area contributed by atoms with Crippen LogP contribution in [0.5, 0.6) is 0 Å². The highest BCUT2D eigenvalue weighted by Gasteiger charge is 2.33. The number of nitrogens with zero attached hydrogens (tertiary/aromatic N) is 3. The Hall–Kier alpha value is -2.13. The predicted octanol–water partition coefficient (Wildman–Crippen LogP) is 3.73. The Bertz CT molecular complexity index is 1050. The lowest BCUT2D eigenvalue weighted by Gasteiger charge is -2.37. The van der Waals surface area contributed by atoms with Gasteiger partial charge in [0.25, 0.3) is 0 Å². The highest BCUT2D eigenvalue weighted by molar-refractivity contribution is 7.99. The van der Waals surface area contributed by atoms with Crippen LogP contribution in [0.4, 0.5) is 0 Å². The highest BCUT2D eigenvalue weighted by Crippen LogP contribution is 2.37. The molecule has 2 aromatic rings. The molecule has 1 aliphatic carbocycles. The second-order valence-electron chi connectivity index (χ2n) is 8.10. The van der Waals surface area contributed by atoms with Gasteiger partial charge in [0.2, 0.25) is 5.91 Å². The van der Waals surface area contributed by atoms with Crippen molar-refractivity contribution in [1.82, 2.24) is 14.1 Å². The van der Waals surface area contributed by atoms with Crippen LogP contribution >= 0.6 is 34.9 Å². The molecule has 0 bridgehead atoms. The summed E-state index contributed by atoms with van der Waals surface area (Å²) >= 11 is 9.47. The maximum Gasteiger partial charge on any atom is 0.238 e. The molecule has 0 radical (unpaired) electrons. The number of nitrogens with one attached hydrogen (secondary N) is 1. The molecular formula is C23H25ClN4O2S2. The number of thiophene rings is 1. The molecule has 1 aromatic heterocycles. The van der Waals surface area contributed by atoms with Crippen molar-refractivity contribution in [3.63, 3.8) is 0 Å². The first-order valence-corrected chi connectivity index (χ1v) is 12.3. The largest absolute Gasteiger partial charge is 0.363 e. The first-order valence-electron chi connectivity index (χ1n) is 10.3. The number of rotatable bonds is 6. The van der Waals surface area contributed by atoms with E-state index >= 15 is 0 Å². The van der Waals surface area contributed by atoms with Crippen molar-refractivity contribution in [3.8, 4) is 0 Å². The minimum Gasteiger partial charge on any atom is -0.363 e. The number of carbonyl (C=O) groups excluding carboxylic acids is 2. The average molecular weight is 489 g/mol. The van der Waals surface area contributed by atoms with Gasteiger partial charge in [0.05, 0.1) is 16.1 Å². The quantitative estimate of drug-likeness (QED) is 0.220. The summed E-state index contributed by atoms with van der Waals surface area (Å²) in [5, 5.41) is 8.10. The maximum atomic E-state index is 12.9. The number of hydrogen-bond donors (Lipinski definition) is 1. The standard InChI is InChI=1S/C23H25ClN4O2S2/c1-26(2)23(25)16-5-3-15(4-6-16)11-28-19(14-29)12-27(13-21(28)30)32-22-9-17-7-8-18(24)10-20(17)31-22/h3-9,14,18-19,25H,10-13H2,1-2H3. The van der Waals surface area contributed by atoms with E-state index in [0.717, 1.165) is 28.0 Å². The summed E-state index contributed by atoms with van der Waals surface area (Å²) in [7, 11) is 3.66. The molecular weight excluding hydrogens is 464 g/mol. The number of amidine groups is 1. The van der Waals surface area contributed by atoms with E-state index in [2.05, 4.69) is 12.1 Å². The van der Waals surface area contributed by atoms with Crippen molar-refractivity contribution in [1.29, 1.82) is 5.41 Å². The monoisotopic (exact) mass is 488 g/mol. The van der Waals surface area contributed by atoms with Crippen LogP contribution in [-0.4, -0.2) is 70.7 Å². The van der Waals surface area contributed by atoms with Gasteiger partial charge in [-0.05, 0) is 29.1 Å². The summed E-state index contributed by atoms with van der Waals surface area (Å²) in [5.41, 5.74) is 2.94. The molecule has 1 saturated heterocycles. The van der Waals surface area contributed by atoms with E-state index in [0.29, 0.717) is 18.9 Å². The molecule has 1 fully saturated rings. The van der Waals surface area contributed by atoms with Crippen molar-refractivity contribution in [2.24, 2.45) is 0 Å². The van der Waals surface area contributed by atoms with E-state index < -0.39 is 6.04 Å². The minimum absolute atomic E-state index is 0.0334. The van der Waals surface area contributed by atoms with Crippen LogP contribution in [-0.2, 0) is 22.6 Å². The van der Waals surface area contributed by atoms with Crippen LogP contribution in [0.15, 0.2) is 40.6 Å². The molecule has 0 spiro atoms. The summed E-state index contributed by atoms with van der Waals surface area (Å²) in [6.45, 7) is 1.13. The SMILES string of the molecule is CN(C)C(=N)c1ccc(CN2C(=O)CN(Sc3cc4c(s3)CC(Cl)C=C4)CC2C=O)cc1. The smallest absolute Gasteiger partial charge is 0.238 e. The number of amides is 1. The minimum atomic E-state index is -0.495. The Morgan fingerprint density at radius 1 is 1.34 bits per heavy atom. The Balaban J connectivity index is 1.40. The molecule has 2 unspecified atom stereocenters. The van der Waals surface area contributed by atoms with Gasteiger partial charge >= 0.3 is 0 Å². The fraction of sp³-hybridized carbons (Fsp3) is 0.348. The number of allylic oxidation sites excluding steroid dienone is 1. The molecule has 1 aromatic carbocycles. The number of benzene rings is 1. The van der Waals surface area contributed by atoms with Crippen LogP contribution in [0, 0.1) is 5.41 Å². The van der Waals surface area contributed by atoms with Gasteiger partial charge in [-0.2, -0.15) is 0 Å². The zero-order valence-corrected chi connectivity index (χ0v) is 20.3. The van der Waals surface area contributed by atoms with Crippen molar-refractivity contribution in [3.05, 3.63) is 58.0 Å². The Morgan fingerprint density at radius 3 is 2.78 bits per heavy atom. The predicted molar refractivity (Wildman–Crippen MR) is 131 cm³/mol. The number of halogens is 1. The summed E-state index contributed by atoms with van der Waals surface area (Å²) in [6, 6.07) is 9.22. The molecule has 32 heavy (non-hydrogen) atoms. The van der Waals surface area contributed by atoms with E-state index in [4.69, 9.17) is 17.0 Å². The van der Waals surface area contributed by atoms with E-state index in [9.17, 15) is 9.59 Å². The van der Waals surface area contributed by atoms with Crippen LogP contribution in [0.25, 0.3) is 6.08 Å². The molecule has 1 aliphatic heterocycles. The van der Waals surface area contributed by atoms with E-state index in [1.165, 1.54) is 22.4 Å². The lowest BCUT2D eigenvalue weighted by molar-refractivity contribution is -0.141. The van der Waals surface area contributed by atoms with Gasteiger partial charge in [0.1, 0.15) is 18.2 Å². The lowest BCUT2D eigenvalue weighted by Crippen LogP contribution is -2.54. The van der Waals surface area contributed by atoms with Gasteiger partial charge in [-0.3, -0.25) is 10.2 Å². The van der Waals surface area contributed by atoms with E-state index in [1.54, 1.807) is 21.1 Å². The first kappa shape index (κ1) is 23.0. The van der Waals surface area contributed by atoms with Crippen LogP contribution in [0.1, 0.15) is 21.6 Å². The Morgan fingerprint density at radius 2 is 2.09 bits per heavy atom. The van der Waals surface area contributed by atoms with Gasteiger partial charge in [0, 0.05) is 44.0 Å². The highest BCUT2D eigenvalue weighted by atomic mass is 35.5. The normalized spacial score (nSPS) is 20.8. The molecule has 168 valence electrons. The third kappa shape index (κ3) is 5.09. The number of fused-ring (bicyclic) bond motifs is 1. The molecule has 4 rings (SSSR count). The molecule has 9 heteroatoms. The summed E-state index contributed by atoms with van der Waals surface area (Å²) in [6.07, 6.45) is 5.75. The zero-order chi connectivity index (χ0) is 22.8. The number of piperazine rings is 1. The molecule has 1 amide bonds. The van der Waals surface area contributed by atoms with E-state index in [1.807, 2.05) is 48.7 Å². The van der Waals surface area contributed by atoms with Crippen LogP contribution in [0.2, 0.25) is 0 Å². The van der Waals surface area contributed by atoms with Gasteiger partial charge in [-0.1, -0.05) is 36.4 Å². The van der Waals surface area contributed by atoms with Crippen molar-refractivity contribution < 1.29 is 9.59 Å². The second-order valence-corrected chi connectivity index (χ2v) is 11.2. The molecule has 2 aliphatic rings. The fourth-order valence-corrected chi connectivity index (χ4v) is 6.61. The van der Waals surface area contributed by atoms with Gasteiger partial charge in [0.15, 0.2) is 0 Å².